The number of carbonyl (C=O) groups is 3. The summed E-state index contributed by atoms with van der Waals surface area (Å²) in [6.07, 6.45) is -2.74. The van der Waals surface area contributed by atoms with E-state index in [0.29, 0.717) is 0 Å². The van der Waals surface area contributed by atoms with Gasteiger partial charge in [0.2, 0.25) is 5.91 Å². The molecule has 0 fully saturated rings. The first-order chi connectivity index (χ1) is 21.9. The number of hydrogen-bond donors (Lipinski definition) is 5. The van der Waals surface area contributed by atoms with Crippen LogP contribution in [0.4, 0.5) is 13.6 Å². The predicted octanol–water partition coefficient (Wildman–Crippen LogP) is 3.36. The standard InChI is InChI=1S/C34H42F2N4O6/c1-34(2,22-39-32(43)31(42)29(37)20-45-18-23-9-5-3-6-10-23)21-38-30(41)17-27(16-25-15-26(35)13-14-28(25)36)40-33(44)46-19-24-11-7-4-8-12-24/h3-15,27,29,31,42H,16-22,37H2,1-2H3,(H,38,41)(H,39,43)(H,40,44). The van der Waals surface area contributed by atoms with E-state index in [9.17, 15) is 28.3 Å². The molecule has 3 atom stereocenters. The molecule has 6 N–H and O–H groups in total. The second kappa shape index (κ2) is 17.9. The van der Waals surface area contributed by atoms with Crippen molar-refractivity contribution >= 4 is 17.9 Å². The lowest BCUT2D eigenvalue weighted by Crippen LogP contribution is -2.51. The van der Waals surface area contributed by atoms with E-state index in [0.717, 1.165) is 29.3 Å². The zero-order valence-electron chi connectivity index (χ0n) is 26.0. The molecule has 0 saturated heterocycles. The van der Waals surface area contributed by atoms with Gasteiger partial charge in [-0.2, -0.15) is 0 Å². The zero-order chi connectivity index (χ0) is 33.5. The van der Waals surface area contributed by atoms with Crippen molar-refractivity contribution in [3.63, 3.8) is 0 Å². The minimum Gasteiger partial charge on any atom is -0.445 e. The summed E-state index contributed by atoms with van der Waals surface area (Å²) in [5.41, 5.74) is 6.98. The van der Waals surface area contributed by atoms with E-state index >= 15 is 0 Å². The Morgan fingerprint density at radius 2 is 1.50 bits per heavy atom. The third kappa shape index (κ3) is 12.9. The molecule has 3 aromatic carbocycles. The van der Waals surface area contributed by atoms with Crippen LogP contribution in [0, 0.1) is 17.0 Å². The molecule has 3 aromatic rings. The Morgan fingerprint density at radius 1 is 0.891 bits per heavy atom. The van der Waals surface area contributed by atoms with E-state index in [1.165, 1.54) is 0 Å². The van der Waals surface area contributed by atoms with Crippen LogP contribution in [0.25, 0.3) is 0 Å². The summed E-state index contributed by atoms with van der Waals surface area (Å²) in [7, 11) is 0. The first-order valence-electron chi connectivity index (χ1n) is 14.9. The largest absolute Gasteiger partial charge is 0.445 e. The molecule has 0 aliphatic rings. The molecule has 3 amide bonds. The maximum Gasteiger partial charge on any atom is 0.407 e. The summed E-state index contributed by atoms with van der Waals surface area (Å²) < 4.78 is 39.0. The van der Waals surface area contributed by atoms with Crippen molar-refractivity contribution in [2.24, 2.45) is 11.1 Å². The number of amides is 3. The quantitative estimate of drug-likeness (QED) is 0.152. The molecule has 0 radical (unpaired) electrons. The lowest BCUT2D eigenvalue weighted by molar-refractivity contribution is -0.131. The molecule has 0 spiro atoms. The molecule has 3 rings (SSSR count). The fourth-order valence-electron chi connectivity index (χ4n) is 4.37. The van der Waals surface area contributed by atoms with Gasteiger partial charge in [-0.1, -0.05) is 74.5 Å². The van der Waals surface area contributed by atoms with E-state index in [4.69, 9.17) is 15.2 Å². The Labute approximate surface area is 267 Å². The van der Waals surface area contributed by atoms with E-state index in [2.05, 4.69) is 16.0 Å². The highest BCUT2D eigenvalue weighted by Crippen LogP contribution is 2.15. The predicted molar refractivity (Wildman–Crippen MR) is 168 cm³/mol. The molecule has 0 aliphatic heterocycles. The highest BCUT2D eigenvalue weighted by atomic mass is 19.1. The van der Waals surface area contributed by atoms with Gasteiger partial charge in [0.1, 0.15) is 24.3 Å². The summed E-state index contributed by atoms with van der Waals surface area (Å²) in [6, 6.07) is 19.5. The lowest BCUT2D eigenvalue weighted by atomic mass is 9.93. The molecule has 0 aromatic heterocycles. The lowest BCUT2D eigenvalue weighted by Gasteiger charge is -2.27. The van der Waals surface area contributed by atoms with Crippen LogP contribution < -0.4 is 21.7 Å². The summed E-state index contributed by atoms with van der Waals surface area (Å²) in [5.74, 6) is -2.47. The average molecular weight is 641 g/mol. The average Bonchev–Trinajstić information content (AvgIpc) is 3.04. The van der Waals surface area contributed by atoms with Crippen LogP contribution in [-0.2, 0) is 38.7 Å². The van der Waals surface area contributed by atoms with Crippen LogP contribution in [0.2, 0.25) is 0 Å². The molecule has 0 saturated carbocycles. The molecule has 248 valence electrons. The van der Waals surface area contributed by atoms with Gasteiger partial charge in [-0.25, -0.2) is 13.6 Å². The Balaban J connectivity index is 1.48. The van der Waals surface area contributed by atoms with Gasteiger partial charge in [-0.05, 0) is 46.7 Å². The third-order valence-corrected chi connectivity index (χ3v) is 7.04. The normalized spacial score (nSPS) is 13.3. The van der Waals surface area contributed by atoms with E-state index in [-0.39, 0.29) is 51.3 Å². The molecule has 0 bridgehead atoms. The van der Waals surface area contributed by atoms with Gasteiger partial charge < -0.3 is 36.3 Å². The molecular formula is C34H42F2N4O6. The highest BCUT2D eigenvalue weighted by Gasteiger charge is 2.27. The zero-order valence-corrected chi connectivity index (χ0v) is 26.0. The van der Waals surface area contributed by atoms with Gasteiger partial charge in [0.25, 0.3) is 5.91 Å². The fraction of sp³-hybridized carbons (Fsp3) is 0.382. The number of halogens is 2. The number of carbonyl (C=O) groups excluding carboxylic acids is 3. The van der Waals surface area contributed by atoms with Crippen LogP contribution in [0.3, 0.4) is 0 Å². The maximum absolute atomic E-state index is 14.4. The van der Waals surface area contributed by atoms with E-state index in [1.807, 2.05) is 36.4 Å². The SMILES string of the molecule is CC(C)(CNC(=O)CC(Cc1cc(F)ccc1F)NC(=O)OCc1ccccc1)CNC(=O)C(O)C(N)COCc1ccccc1. The molecule has 12 heteroatoms. The number of hydrogen-bond acceptors (Lipinski definition) is 7. The number of aliphatic hydroxyl groups is 1. The fourth-order valence-corrected chi connectivity index (χ4v) is 4.37. The summed E-state index contributed by atoms with van der Waals surface area (Å²) in [4.78, 5) is 38.0. The molecular weight excluding hydrogens is 598 g/mol. The summed E-state index contributed by atoms with van der Waals surface area (Å²) in [6.45, 7) is 4.05. The third-order valence-electron chi connectivity index (χ3n) is 7.04. The number of ether oxygens (including phenoxy) is 2. The van der Waals surface area contributed by atoms with Crippen LogP contribution in [-0.4, -0.2) is 60.9 Å². The van der Waals surface area contributed by atoms with Crippen molar-refractivity contribution < 1.29 is 37.7 Å². The van der Waals surface area contributed by atoms with Crippen molar-refractivity contribution in [2.75, 3.05) is 19.7 Å². The first kappa shape index (κ1) is 36.1. The first-order valence-corrected chi connectivity index (χ1v) is 14.9. The molecule has 10 nitrogen and oxygen atoms in total. The van der Waals surface area contributed by atoms with Crippen molar-refractivity contribution in [3.8, 4) is 0 Å². The van der Waals surface area contributed by atoms with Gasteiger partial charge in [-0.3, -0.25) is 9.59 Å². The molecule has 0 heterocycles. The number of alkyl carbamates (subject to hydrolysis) is 1. The molecule has 0 aliphatic carbocycles. The van der Waals surface area contributed by atoms with E-state index < -0.39 is 53.1 Å². The number of nitrogens with one attached hydrogen (secondary N) is 3. The number of benzene rings is 3. The monoisotopic (exact) mass is 640 g/mol. The smallest absolute Gasteiger partial charge is 0.407 e. The van der Waals surface area contributed by atoms with Gasteiger partial charge >= 0.3 is 6.09 Å². The van der Waals surface area contributed by atoms with Crippen LogP contribution in [0.5, 0.6) is 0 Å². The minimum absolute atomic E-state index is 0.00793. The van der Waals surface area contributed by atoms with Crippen molar-refractivity contribution in [2.45, 2.75) is 58.1 Å². The Kier molecular flexibility index (Phi) is 14.1. The molecule has 3 unspecified atom stereocenters. The second-order valence-electron chi connectivity index (χ2n) is 11.8. The van der Waals surface area contributed by atoms with Crippen LogP contribution >= 0.6 is 0 Å². The van der Waals surface area contributed by atoms with Gasteiger partial charge in [0, 0.05) is 25.6 Å². The Morgan fingerprint density at radius 3 is 2.15 bits per heavy atom. The second-order valence-corrected chi connectivity index (χ2v) is 11.8. The number of aliphatic hydroxyl groups excluding tert-OH is 1. The summed E-state index contributed by atoms with van der Waals surface area (Å²) in [5, 5.41) is 18.3. The van der Waals surface area contributed by atoms with Gasteiger partial charge in [0.05, 0.1) is 19.3 Å². The van der Waals surface area contributed by atoms with Gasteiger partial charge in [0.15, 0.2) is 0 Å². The van der Waals surface area contributed by atoms with Gasteiger partial charge in [-0.15, -0.1) is 0 Å². The van der Waals surface area contributed by atoms with Crippen molar-refractivity contribution in [3.05, 3.63) is 107 Å². The van der Waals surface area contributed by atoms with Crippen LogP contribution in [0.15, 0.2) is 78.9 Å². The summed E-state index contributed by atoms with van der Waals surface area (Å²) >= 11 is 0. The molecule has 46 heavy (non-hydrogen) atoms. The minimum atomic E-state index is -1.50. The van der Waals surface area contributed by atoms with E-state index in [1.54, 1.807) is 38.1 Å². The topological polar surface area (TPSA) is 152 Å². The maximum atomic E-state index is 14.4. The highest BCUT2D eigenvalue weighted by molar-refractivity contribution is 5.81. The number of rotatable bonds is 17. The van der Waals surface area contributed by atoms with Crippen LogP contribution in [0.1, 0.15) is 37.0 Å². The van der Waals surface area contributed by atoms with Crippen molar-refractivity contribution in [1.29, 1.82) is 0 Å². The Bertz CT molecular complexity index is 1410. The number of nitrogens with two attached hydrogens (primary N) is 1. The Hall–Kier alpha value is -4.39. The van der Waals surface area contributed by atoms with Crippen molar-refractivity contribution in [1.82, 2.24) is 16.0 Å².